The summed E-state index contributed by atoms with van der Waals surface area (Å²) >= 11 is 0. The summed E-state index contributed by atoms with van der Waals surface area (Å²) in [7, 11) is -2.86. The molecule has 3 aliphatic heterocycles. The Kier molecular flexibility index (Phi) is 5.42. The van der Waals surface area contributed by atoms with E-state index in [-0.39, 0.29) is 23.2 Å². The van der Waals surface area contributed by atoms with Crippen LogP contribution in [0.4, 0.5) is 0 Å². The van der Waals surface area contributed by atoms with E-state index in [2.05, 4.69) is 24.5 Å². The average Bonchev–Trinajstić information content (AvgIpc) is 3.34. The molecule has 0 amide bonds. The van der Waals surface area contributed by atoms with Gasteiger partial charge in [-0.2, -0.15) is 0 Å². The lowest BCUT2D eigenvalue weighted by Crippen LogP contribution is -2.68. The van der Waals surface area contributed by atoms with Gasteiger partial charge in [0, 0.05) is 43.7 Å². The standard InChI is InChI=1S/C19H33N3O4S/c1-19(2)16(15-5-8-26-17(15)19)22-18(21-11-14-4-3-7-25-14)20-10-13-6-9-27(23,24)12-13/h13-17H,3-12H2,1-2H3,(H2,20,21,22). The number of sulfone groups is 1. The van der Waals surface area contributed by atoms with E-state index in [4.69, 9.17) is 14.5 Å². The van der Waals surface area contributed by atoms with Crippen LogP contribution in [0, 0.1) is 17.3 Å². The quantitative estimate of drug-likeness (QED) is 0.529. The number of hydrogen-bond donors (Lipinski definition) is 2. The zero-order valence-corrected chi connectivity index (χ0v) is 17.3. The van der Waals surface area contributed by atoms with Crippen LogP contribution in [0.3, 0.4) is 0 Å². The molecule has 5 unspecified atom stereocenters. The Balaban J connectivity index is 1.40. The molecule has 0 aromatic rings. The molecule has 154 valence electrons. The number of rotatable bonds is 5. The lowest BCUT2D eigenvalue weighted by Gasteiger charge is -2.55. The van der Waals surface area contributed by atoms with Crippen molar-refractivity contribution in [1.29, 1.82) is 0 Å². The Labute approximate surface area is 162 Å². The van der Waals surface area contributed by atoms with Gasteiger partial charge < -0.3 is 20.1 Å². The Morgan fingerprint density at radius 1 is 1.19 bits per heavy atom. The van der Waals surface area contributed by atoms with Crippen molar-refractivity contribution in [3.63, 3.8) is 0 Å². The van der Waals surface area contributed by atoms with Gasteiger partial charge in [0.1, 0.15) is 0 Å². The van der Waals surface area contributed by atoms with Crippen molar-refractivity contribution in [3.8, 4) is 0 Å². The topological polar surface area (TPSA) is 89.0 Å². The Morgan fingerprint density at radius 3 is 2.74 bits per heavy atom. The maximum Gasteiger partial charge on any atom is 0.191 e. The third-order valence-corrected chi connectivity index (χ3v) is 8.59. The van der Waals surface area contributed by atoms with Gasteiger partial charge in [0.25, 0.3) is 0 Å². The molecule has 0 radical (unpaired) electrons. The summed E-state index contributed by atoms with van der Waals surface area (Å²) in [5.41, 5.74) is 0.0736. The molecule has 1 saturated carbocycles. The summed E-state index contributed by atoms with van der Waals surface area (Å²) in [6, 6.07) is 0.327. The molecular formula is C19H33N3O4S. The second kappa shape index (κ2) is 7.52. The third kappa shape index (κ3) is 4.12. The van der Waals surface area contributed by atoms with Crippen molar-refractivity contribution >= 4 is 15.8 Å². The van der Waals surface area contributed by atoms with Crippen molar-refractivity contribution < 1.29 is 17.9 Å². The molecule has 4 fully saturated rings. The maximum atomic E-state index is 11.7. The fourth-order valence-corrected chi connectivity index (χ4v) is 7.02. The number of nitrogens with one attached hydrogen (secondary N) is 2. The van der Waals surface area contributed by atoms with Crippen LogP contribution in [-0.2, 0) is 19.3 Å². The van der Waals surface area contributed by atoms with Gasteiger partial charge in [-0.1, -0.05) is 13.8 Å². The summed E-state index contributed by atoms with van der Waals surface area (Å²) in [5, 5.41) is 7.08. The van der Waals surface area contributed by atoms with Crippen LogP contribution in [0.5, 0.6) is 0 Å². The van der Waals surface area contributed by atoms with Crippen LogP contribution in [0.15, 0.2) is 4.99 Å². The molecule has 8 heteroatoms. The third-order valence-electron chi connectivity index (χ3n) is 6.75. The minimum absolute atomic E-state index is 0.0736. The molecule has 4 aliphatic rings. The van der Waals surface area contributed by atoms with Crippen LogP contribution in [0.1, 0.15) is 39.5 Å². The predicted octanol–water partition coefficient (Wildman–Crippen LogP) is 0.949. The van der Waals surface area contributed by atoms with E-state index in [1.807, 2.05) is 0 Å². The number of guanidine groups is 1. The predicted molar refractivity (Wildman–Crippen MR) is 105 cm³/mol. The second-order valence-corrected chi connectivity index (χ2v) is 11.4. The number of nitrogens with zero attached hydrogens (tertiary/aromatic N) is 1. The first-order valence-corrected chi connectivity index (χ1v) is 12.2. The first kappa shape index (κ1) is 19.5. The molecule has 3 saturated heterocycles. The molecule has 2 N–H and O–H groups in total. The van der Waals surface area contributed by atoms with E-state index in [9.17, 15) is 8.42 Å². The molecule has 7 nitrogen and oxygen atoms in total. The van der Waals surface area contributed by atoms with Gasteiger partial charge in [0.05, 0.1) is 23.7 Å². The van der Waals surface area contributed by atoms with E-state index >= 15 is 0 Å². The van der Waals surface area contributed by atoms with E-state index in [1.165, 1.54) is 0 Å². The molecule has 0 spiro atoms. The van der Waals surface area contributed by atoms with Crippen molar-refractivity contribution in [2.75, 3.05) is 37.8 Å². The highest BCUT2D eigenvalue weighted by Gasteiger charge is 2.59. The van der Waals surface area contributed by atoms with Crippen LogP contribution in [0.25, 0.3) is 0 Å². The van der Waals surface area contributed by atoms with Crippen molar-refractivity contribution in [2.24, 2.45) is 22.2 Å². The fourth-order valence-electron chi connectivity index (χ4n) is 5.17. The van der Waals surface area contributed by atoms with Gasteiger partial charge in [0.2, 0.25) is 0 Å². The normalized spacial score (nSPS) is 39.8. The minimum Gasteiger partial charge on any atom is -0.377 e. The van der Waals surface area contributed by atoms with Crippen LogP contribution in [0.2, 0.25) is 0 Å². The molecule has 0 bridgehead atoms. The van der Waals surface area contributed by atoms with Crippen molar-refractivity contribution in [2.45, 2.75) is 57.8 Å². The number of aliphatic imine (C=N–C) groups is 1. The highest BCUT2D eigenvalue weighted by Crippen LogP contribution is 2.52. The summed E-state index contributed by atoms with van der Waals surface area (Å²) in [5.74, 6) is 2.02. The second-order valence-electron chi connectivity index (χ2n) is 9.16. The van der Waals surface area contributed by atoms with Crippen LogP contribution < -0.4 is 10.6 Å². The fraction of sp³-hybridized carbons (Fsp3) is 0.947. The summed E-state index contributed by atoms with van der Waals surface area (Å²) in [6.07, 6.45) is 4.57. The summed E-state index contributed by atoms with van der Waals surface area (Å²) < 4.78 is 35.1. The highest BCUT2D eigenvalue weighted by molar-refractivity contribution is 7.91. The Hall–Kier alpha value is -0.860. The lowest BCUT2D eigenvalue weighted by molar-refractivity contribution is -0.106. The number of hydrogen-bond acceptors (Lipinski definition) is 5. The van der Waals surface area contributed by atoms with Crippen LogP contribution in [-0.4, -0.2) is 70.4 Å². The van der Waals surface area contributed by atoms with E-state index in [1.54, 1.807) is 0 Å². The zero-order valence-electron chi connectivity index (χ0n) is 16.4. The van der Waals surface area contributed by atoms with E-state index < -0.39 is 9.84 Å². The average molecular weight is 400 g/mol. The molecule has 0 aromatic carbocycles. The SMILES string of the molecule is CC1(C)C(NC(=NCC2CCS(=O)(=O)C2)NCC2CCCO2)C2CCOC21. The molecule has 4 rings (SSSR count). The maximum absolute atomic E-state index is 11.7. The zero-order chi connectivity index (χ0) is 19.1. The summed E-state index contributed by atoms with van der Waals surface area (Å²) in [4.78, 5) is 4.77. The van der Waals surface area contributed by atoms with Gasteiger partial charge in [-0.05, 0) is 31.6 Å². The van der Waals surface area contributed by atoms with Gasteiger partial charge in [-0.25, -0.2) is 8.42 Å². The van der Waals surface area contributed by atoms with E-state index in [0.29, 0.717) is 30.4 Å². The minimum atomic E-state index is -2.86. The molecule has 0 aromatic heterocycles. The van der Waals surface area contributed by atoms with Crippen molar-refractivity contribution in [3.05, 3.63) is 0 Å². The number of fused-ring (bicyclic) bond motifs is 1. The van der Waals surface area contributed by atoms with Gasteiger partial charge in [-0.15, -0.1) is 0 Å². The molecular weight excluding hydrogens is 366 g/mol. The summed E-state index contributed by atoms with van der Waals surface area (Å²) in [6.45, 7) is 7.47. The van der Waals surface area contributed by atoms with Crippen LogP contribution >= 0.6 is 0 Å². The highest BCUT2D eigenvalue weighted by atomic mass is 32.2. The first-order valence-electron chi connectivity index (χ1n) is 10.3. The monoisotopic (exact) mass is 399 g/mol. The van der Waals surface area contributed by atoms with Gasteiger partial charge in [-0.3, -0.25) is 4.99 Å². The smallest absolute Gasteiger partial charge is 0.191 e. The lowest BCUT2D eigenvalue weighted by atomic mass is 9.57. The van der Waals surface area contributed by atoms with Crippen molar-refractivity contribution in [1.82, 2.24) is 10.6 Å². The Morgan fingerprint density at radius 2 is 2.04 bits per heavy atom. The molecule has 1 aliphatic carbocycles. The van der Waals surface area contributed by atoms with Gasteiger partial charge >= 0.3 is 0 Å². The molecule has 5 atom stereocenters. The molecule has 27 heavy (non-hydrogen) atoms. The number of ether oxygens (including phenoxy) is 2. The first-order chi connectivity index (χ1) is 12.9. The molecule has 3 heterocycles. The largest absolute Gasteiger partial charge is 0.377 e. The van der Waals surface area contributed by atoms with E-state index in [0.717, 1.165) is 51.4 Å². The van der Waals surface area contributed by atoms with Gasteiger partial charge in [0.15, 0.2) is 15.8 Å². The Bertz CT molecular complexity index is 672.